The first-order chi connectivity index (χ1) is 8.24. The highest BCUT2D eigenvalue weighted by Gasteiger charge is 2.19. The second-order valence-electron chi connectivity index (χ2n) is 4.57. The summed E-state index contributed by atoms with van der Waals surface area (Å²) in [4.78, 5) is 13.6. The lowest BCUT2D eigenvalue weighted by Gasteiger charge is -2.32. The van der Waals surface area contributed by atoms with Crippen molar-refractivity contribution in [2.24, 2.45) is 0 Å². The van der Waals surface area contributed by atoms with Crippen LogP contribution in [0.3, 0.4) is 0 Å². The fourth-order valence-electron chi connectivity index (χ4n) is 2.34. The Morgan fingerprint density at radius 2 is 2.35 bits per heavy atom. The highest BCUT2D eigenvalue weighted by atomic mass is 32.1. The van der Waals surface area contributed by atoms with Crippen LogP contribution in [-0.2, 0) is 0 Å². The van der Waals surface area contributed by atoms with Crippen molar-refractivity contribution >= 4 is 27.4 Å². The lowest BCUT2D eigenvalue weighted by Crippen LogP contribution is -2.49. The van der Waals surface area contributed by atoms with E-state index < -0.39 is 0 Å². The number of nitrogens with zero attached hydrogens (tertiary/aromatic N) is 3. The summed E-state index contributed by atoms with van der Waals surface area (Å²) in [5, 5.41) is 4.65. The van der Waals surface area contributed by atoms with Crippen LogP contribution in [0, 0.1) is 6.92 Å². The van der Waals surface area contributed by atoms with Crippen molar-refractivity contribution in [1.29, 1.82) is 0 Å². The predicted molar refractivity (Wildman–Crippen MR) is 71.8 cm³/mol. The highest BCUT2D eigenvalue weighted by molar-refractivity contribution is 7.18. The molecule has 0 spiro atoms. The van der Waals surface area contributed by atoms with Crippen LogP contribution in [0.1, 0.15) is 11.8 Å². The third kappa shape index (κ3) is 2.00. The van der Waals surface area contributed by atoms with Crippen LogP contribution in [0.15, 0.2) is 12.4 Å². The van der Waals surface area contributed by atoms with E-state index in [4.69, 9.17) is 0 Å². The molecule has 2 aromatic rings. The largest absolute Gasteiger partial charge is 0.353 e. The van der Waals surface area contributed by atoms with Gasteiger partial charge < -0.3 is 10.2 Å². The Labute approximate surface area is 105 Å². The Kier molecular flexibility index (Phi) is 2.72. The zero-order valence-electron chi connectivity index (χ0n) is 10.1. The fourth-order valence-corrected chi connectivity index (χ4v) is 3.18. The third-order valence-electron chi connectivity index (χ3n) is 3.10. The van der Waals surface area contributed by atoms with E-state index in [1.165, 1.54) is 10.3 Å². The van der Waals surface area contributed by atoms with Gasteiger partial charge in [-0.05, 0) is 19.9 Å². The number of hydrogen-bond acceptors (Lipinski definition) is 5. The summed E-state index contributed by atoms with van der Waals surface area (Å²) in [6.07, 6.45) is 1.68. The summed E-state index contributed by atoms with van der Waals surface area (Å²) >= 11 is 1.74. The van der Waals surface area contributed by atoms with E-state index in [0.717, 1.165) is 30.3 Å². The van der Waals surface area contributed by atoms with Crippen LogP contribution in [0.4, 0.5) is 5.82 Å². The summed E-state index contributed by atoms with van der Waals surface area (Å²) in [7, 11) is 0. The Bertz CT molecular complexity index is 536. The first-order valence-corrected chi connectivity index (χ1v) is 6.75. The van der Waals surface area contributed by atoms with Gasteiger partial charge in [0, 0.05) is 30.6 Å². The van der Waals surface area contributed by atoms with E-state index in [1.54, 1.807) is 17.7 Å². The lowest BCUT2D eigenvalue weighted by molar-refractivity contribution is 0.483. The predicted octanol–water partition coefficient (Wildman–Crippen LogP) is 1.80. The molecule has 0 bridgehead atoms. The number of anilines is 1. The van der Waals surface area contributed by atoms with E-state index in [0.29, 0.717) is 6.04 Å². The van der Waals surface area contributed by atoms with Gasteiger partial charge in [-0.3, -0.25) is 0 Å². The molecule has 90 valence electrons. The molecule has 0 radical (unpaired) electrons. The van der Waals surface area contributed by atoms with Crippen molar-refractivity contribution in [3.63, 3.8) is 0 Å². The minimum absolute atomic E-state index is 0.522. The number of piperazine rings is 1. The Hall–Kier alpha value is -1.20. The Morgan fingerprint density at radius 3 is 3.18 bits per heavy atom. The summed E-state index contributed by atoms with van der Waals surface area (Å²) in [6.45, 7) is 7.39. The first kappa shape index (κ1) is 10.9. The van der Waals surface area contributed by atoms with Crippen molar-refractivity contribution in [2.75, 3.05) is 24.5 Å². The maximum absolute atomic E-state index is 4.47. The van der Waals surface area contributed by atoms with Gasteiger partial charge in [-0.15, -0.1) is 11.3 Å². The molecule has 1 aliphatic heterocycles. The number of aromatic nitrogens is 2. The normalized spacial score (nSPS) is 21.1. The molecular weight excluding hydrogens is 232 g/mol. The zero-order chi connectivity index (χ0) is 11.8. The third-order valence-corrected chi connectivity index (χ3v) is 4.06. The standard InChI is InChI=1S/C12H16N4S/c1-8-6-16(4-3-13-8)11-10-5-9(2)17-12(10)15-7-14-11/h5,7-8,13H,3-4,6H2,1-2H3/t8-/m0/s1. The van der Waals surface area contributed by atoms with Crippen LogP contribution >= 0.6 is 11.3 Å². The molecule has 0 amide bonds. The molecule has 4 nitrogen and oxygen atoms in total. The number of thiophene rings is 1. The molecule has 1 atom stereocenters. The molecule has 1 aliphatic rings. The van der Waals surface area contributed by atoms with Crippen molar-refractivity contribution in [2.45, 2.75) is 19.9 Å². The molecule has 17 heavy (non-hydrogen) atoms. The summed E-state index contributed by atoms with van der Waals surface area (Å²) < 4.78 is 0. The summed E-state index contributed by atoms with van der Waals surface area (Å²) in [5.74, 6) is 1.09. The average molecular weight is 248 g/mol. The number of fused-ring (bicyclic) bond motifs is 1. The summed E-state index contributed by atoms with van der Waals surface area (Å²) in [6, 6.07) is 2.72. The molecule has 0 unspecified atom stereocenters. The quantitative estimate of drug-likeness (QED) is 0.835. The van der Waals surface area contributed by atoms with Gasteiger partial charge in [0.2, 0.25) is 0 Å². The zero-order valence-corrected chi connectivity index (χ0v) is 10.9. The molecule has 0 aromatic carbocycles. The SMILES string of the molecule is Cc1cc2c(N3CCN[C@@H](C)C3)ncnc2s1. The van der Waals surface area contributed by atoms with Crippen molar-refractivity contribution in [3.8, 4) is 0 Å². The molecule has 1 saturated heterocycles. The van der Waals surface area contributed by atoms with Crippen molar-refractivity contribution < 1.29 is 0 Å². The van der Waals surface area contributed by atoms with Crippen molar-refractivity contribution in [3.05, 3.63) is 17.3 Å². The topological polar surface area (TPSA) is 41.0 Å². The van der Waals surface area contributed by atoms with E-state index in [-0.39, 0.29) is 0 Å². The average Bonchev–Trinajstić information content (AvgIpc) is 2.68. The van der Waals surface area contributed by atoms with Gasteiger partial charge >= 0.3 is 0 Å². The van der Waals surface area contributed by atoms with E-state index >= 15 is 0 Å². The number of aryl methyl sites for hydroxylation is 1. The van der Waals surface area contributed by atoms with Gasteiger partial charge in [-0.25, -0.2) is 9.97 Å². The van der Waals surface area contributed by atoms with Crippen LogP contribution in [0.5, 0.6) is 0 Å². The van der Waals surface area contributed by atoms with Gasteiger partial charge in [-0.1, -0.05) is 0 Å². The molecule has 0 aliphatic carbocycles. The van der Waals surface area contributed by atoms with Crippen molar-refractivity contribution in [1.82, 2.24) is 15.3 Å². The summed E-state index contributed by atoms with van der Waals surface area (Å²) in [5.41, 5.74) is 0. The molecule has 3 rings (SSSR count). The molecule has 3 heterocycles. The smallest absolute Gasteiger partial charge is 0.140 e. The second-order valence-corrected chi connectivity index (χ2v) is 5.81. The molecule has 2 aromatic heterocycles. The van der Waals surface area contributed by atoms with Crippen LogP contribution < -0.4 is 10.2 Å². The second kappa shape index (κ2) is 4.23. The molecular formula is C12H16N4S. The maximum Gasteiger partial charge on any atom is 0.140 e. The minimum Gasteiger partial charge on any atom is -0.353 e. The van der Waals surface area contributed by atoms with Crippen LogP contribution in [0.25, 0.3) is 10.2 Å². The minimum atomic E-state index is 0.522. The Balaban J connectivity index is 2.04. The molecule has 1 N–H and O–H groups in total. The van der Waals surface area contributed by atoms with Gasteiger partial charge in [-0.2, -0.15) is 0 Å². The van der Waals surface area contributed by atoms with E-state index in [9.17, 15) is 0 Å². The van der Waals surface area contributed by atoms with Crippen LogP contribution in [0.2, 0.25) is 0 Å². The van der Waals surface area contributed by atoms with Gasteiger partial charge in [0.25, 0.3) is 0 Å². The van der Waals surface area contributed by atoms with E-state index in [1.807, 2.05) is 0 Å². The number of hydrogen-bond donors (Lipinski definition) is 1. The maximum atomic E-state index is 4.47. The monoisotopic (exact) mass is 248 g/mol. The molecule has 5 heteroatoms. The number of nitrogens with one attached hydrogen (secondary N) is 1. The van der Waals surface area contributed by atoms with Crippen LogP contribution in [-0.4, -0.2) is 35.6 Å². The molecule has 1 fully saturated rings. The van der Waals surface area contributed by atoms with E-state index in [2.05, 4.69) is 40.1 Å². The molecule has 0 saturated carbocycles. The van der Waals surface area contributed by atoms with Gasteiger partial charge in [0.05, 0.1) is 5.39 Å². The lowest BCUT2D eigenvalue weighted by atomic mass is 10.2. The fraction of sp³-hybridized carbons (Fsp3) is 0.500. The number of rotatable bonds is 1. The Morgan fingerprint density at radius 1 is 1.47 bits per heavy atom. The first-order valence-electron chi connectivity index (χ1n) is 5.93. The van der Waals surface area contributed by atoms with Gasteiger partial charge in [0.15, 0.2) is 0 Å². The highest BCUT2D eigenvalue weighted by Crippen LogP contribution is 2.29. The van der Waals surface area contributed by atoms with Gasteiger partial charge in [0.1, 0.15) is 17.0 Å².